The summed E-state index contributed by atoms with van der Waals surface area (Å²) in [4.78, 5) is 0. The van der Waals surface area contributed by atoms with E-state index in [0.29, 0.717) is 6.42 Å². The third-order valence-corrected chi connectivity index (χ3v) is 2.09. The topological polar surface area (TPSA) is 64.1 Å². The fourth-order valence-electron chi connectivity index (χ4n) is 1.08. The second-order valence-corrected chi connectivity index (χ2v) is 3.45. The minimum absolute atomic E-state index is 0.101. The molecule has 1 unspecified atom stereocenters. The molecule has 68 valence electrons. The zero-order valence-corrected chi connectivity index (χ0v) is 8.45. The summed E-state index contributed by atoms with van der Waals surface area (Å²) in [6.45, 7) is 0.101. The summed E-state index contributed by atoms with van der Waals surface area (Å²) in [7, 11) is 1.83. The number of nitrogens with zero attached hydrogens (tertiary/aromatic N) is 2. The molecule has 4 nitrogen and oxygen atoms in total. The van der Waals surface area contributed by atoms with Crippen LogP contribution in [0.1, 0.15) is 18.2 Å². The predicted molar refractivity (Wildman–Crippen MR) is 49.5 cm³/mol. The molecule has 3 N–H and O–H groups in total. The molecule has 12 heavy (non-hydrogen) atoms. The van der Waals surface area contributed by atoms with Gasteiger partial charge in [0.2, 0.25) is 0 Å². The number of nitrogens with two attached hydrogens (primary N) is 1. The van der Waals surface area contributed by atoms with Gasteiger partial charge in [-0.25, -0.2) is 0 Å². The van der Waals surface area contributed by atoms with E-state index in [-0.39, 0.29) is 12.6 Å². The van der Waals surface area contributed by atoms with E-state index in [1.807, 2.05) is 13.1 Å². The molecule has 0 radical (unpaired) electrons. The largest absolute Gasteiger partial charge is 0.396 e. The van der Waals surface area contributed by atoms with Crippen LogP contribution in [0.15, 0.2) is 10.7 Å². The molecule has 0 fully saturated rings. The van der Waals surface area contributed by atoms with Crippen molar-refractivity contribution in [3.8, 4) is 0 Å². The number of rotatable bonds is 3. The summed E-state index contributed by atoms with van der Waals surface area (Å²) in [6, 6.07) is 1.72. The number of aryl methyl sites for hydroxylation is 1. The summed E-state index contributed by atoms with van der Waals surface area (Å²) >= 11 is 3.25. The zero-order valence-electron chi connectivity index (χ0n) is 6.87. The molecule has 0 spiro atoms. The van der Waals surface area contributed by atoms with E-state index < -0.39 is 0 Å². The summed E-state index contributed by atoms with van der Waals surface area (Å²) in [5, 5.41) is 12.8. The molecule has 1 atom stereocenters. The van der Waals surface area contributed by atoms with Crippen molar-refractivity contribution in [3.63, 3.8) is 0 Å². The lowest BCUT2D eigenvalue weighted by Gasteiger charge is -2.09. The smallest absolute Gasteiger partial charge is 0.128 e. The molecule has 0 aromatic carbocycles. The van der Waals surface area contributed by atoms with Crippen LogP contribution in [0, 0.1) is 0 Å². The Hall–Kier alpha value is -0.390. The second kappa shape index (κ2) is 4.02. The van der Waals surface area contributed by atoms with Crippen LogP contribution in [-0.2, 0) is 7.05 Å². The maximum atomic E-state index is 8.67. The van der Waals surface area contributed by atoms with Gasteiger partial charge < -0.3 is 10.8 Å². The van der Waals surface area contributed by atoms with Gasteiger partial charge in [-0.15, -0.1) is 0 Å². The third-order valence-electron chi connectivity index (χ3n) is 1.71. The Morgan fingerprint density at radius 1 is 1.83 bits per heavy atom. The van der Waals surface area contributed by atoms with Crippen LogP contribution in [0.2, 0.25) is 0 Å². The average Bonchev–Trinajstić information content (AvgIpc) is 2.30. The lowest BCUT2D eigenvalue weighted by Crippen LogP contribution is -2.15. The van der Waals surface area contributed by atoms with E-state index in [0.717, 1.165) is 10.3 Å². The van der Waals surface area contributed by atoms with E-state index in [9.17, 15) is 0 Å². The molecular formula is C7H12BrN3O. The fourth-order valence-corrected chi connectivity index (χ4v) is 1.55. The SMILES string of the molecule is Cn1nc(Br)cc1C(N)CCO. The van der Waals surface area contributed by atoms with Crippen molar-refractivity contribution in [1.29, 1.82) is 0 Å². The van der Waals surface area contributed by atoms with Crippen molar-refractivity contribution in [2.24, 2.45) is 12.8 Å². The van der Waals surface area contributed by atoms with Crippen LogP contribution >= 0.6 is 15.9 Å². The first-order chi connectivity index (χ1) is 5.65. The number of aromatic nitrogens is 2. The van der Waals surface area contributed by atoms with Crippen LogP contribution in [0.4, 0.5) is 0 Å². The molecule has 1 heterocycles. The number of hydrogen-bond donors (Lipinski definition) is 2. The molecule has 1 rings (SSSR count). The van der Waals surface area contributed by atoms with Gasteiger partial charge >= 0.3 is 0 Å². The Labute approximate surface area is 79.5 Å². The molecule has 0 saturated carbocycles. The monoisotopic (exact) mass is 233 g/mol. The van der Waals surface area contributed by atoms with Crippen LogP contribution < -0.4 is 5.73 Å². The van der Waals surface area contributed by atoms with Crippen molar-refractivity contribution in [1.82, 2.24) is 9.78 Å². The maximum absolute atomic E-state index is 8.67. The summed E-state index contributed by atoms with van der Waals surface area (Å²) in [5.41, 5.74) is 6.70. The molecule has 0 saturated heterocycles. The minimum Gasteiger partial charge on any atom is -0.396 e. The van der Waals surface area contributed by atoms with Crippen LogP contribution in [0.3, 0.4) is 0 Å². The summed E-state index contributed by atoms with van der Waals surface area (Å²) in [5.74, 6) is 0. The predicted octanol–water partition coefficient (Wildman–Crippen LogP) is 0.565. The van der Waals surface area contributed by atoms with Crippen LogP contribution in [0.25, 0.3) is 0 Å². The van der Waals surface area contributed by atoms with Gasteiger partial charge in [0.15, 0.2) is 0 Å². The number of hydrogen-bond acceptors (Lipinski definition) is 3. The van der Waals surface area contributed by atoms with Crippen LogP contribution in [0.5, 0.6) is 0 Å². The maximum Gasteiger partial charge on any atom is 0.128 e. The second-order valence-electron chi connectivity index (χ2n) is 2.63. The first-order valence-electron chi connectivity index (χ1n) is 3.71. The van der Waals surface area contributed by atoms with Crippen molar-refractivity contribution in [2.45, 2.75) is 12.5 Å². The van der Waals surface area contributed by atoms with E-state index in [2.05, 4.69) is 21.0 Å². The highest BCUT2D eigenvalue weighted by Gasteiger charge is 2.10. The first-order valence-corrected chi connectivity index (χ1v) is 4.50. The Morgan fingerprint density at radius 2 is 2.50 bits per heavy atom. The zero-order chi connectivity index (χ0) is 9.14. The van der Waals surface area contributed by atoms with Crippen molar-refractivity contribution < 1.29 is 5.11 Å². The highest BCUT2D eigenvalue weighted by molar-refractivity contribution is 9.10. The summed E-state index contributed by atoms with van der Waals surface area (Å²) < 4.78 is 2.48. The van der Waals surface area contributed by atoms with Crippen molar-refractivity contribution in [3.05, 3.63) is 16.4 Å². The van der Waals surface area contributed by atoms with Gasteiger partial charge in [-0.1, -0.05) is 0 Å². The van der Waals surface area contributed by atoms with E-state index >= 15 is 0 Å². The molecule has 0 aliphatic carbocycles. The molecule has 0 aliphatic rings. The van der Waals surface area contributed by atoms with Gasteiger partial charge in [0.05, 0.1) is 5.69 Å². The lowest BCUT2D eigenvalue weighted by atomic mass is 10.1. The van der Waals surface area contributed by atoms with Gasteiger partial charge in [-0.05, 0) is 28.4 Å². The standard InChI is InChI=1S/C7H12BrN3O/c1-11-6(4-7(8)10-11)5(9)2-3-12/h4-5,12H,2-3,9H2,1H3. The van der Waals surface area contributed by atoms with Crippen molar-refractivity contribution >= 4 is 15.9 Å². The highest BCUT2D eigenvalue weighted by atomic mass is 79.9. The Kier molecular flexibility index (Phi) is 3.25. The molecular weight excluding hydrogens is 222 g/mol. The molecule has 1 aromatic rings. The molecule has 5 heteroatoms. The molecule has 0 aliphatic heterocycles. The van der Waals surface area contributed by atoms with E-state index in [1.165, 1.54) is 0 Å². The molecule has 1 aromatic heterocycles. The molecule has 0 bridgehead atoms. The lowest BCUT2D eigenvalue weighted by molar-refractivity contribution is 0.274. The van der Waals surface area contributed by atoms with E-state index in [4.69, 9.17) is 10.8 Å². The van der Waals surface area contributed by atoms with Gasteiger partial charge in [0.25, 0.3) is 0 Å². The molecule has 0 amide bonds. The van der Waals surface area contributed by atoms with Gasteiger partial charge in [-0.2, -0.15) is 5.10 Å². The van der Waals surface area contributed by atoms with Gasteiger partial charge in [0.1, 0.15) is 4.60 Å². The quantitative estimate of drug-likeness (QED) is 0.803. The Morgan fingerprint density at radius 3 is 2.92 bits per heavy atom. The normalized spacial score (nSPS) is 13.3. The number of halogens is 1. The first kappa shape index (κ1) is 9.70. The van der Waals surface area contributed by atoms with Gasteiger partial charge in [-0.3, -0.25) is 4.68 Å². The number of aliphatic hydroxyl groups excluding tert-OH is 1. The minimum atomic E-state index is -0.140. The summed E-state index contributed by atoms with van der Waals surface area (Å²) in [6.07, 6.45) is 0.561. The highest BCUT2D eigenvalue weighted by Crippen LogP contribution is 2.17. The van der Waals surface area contributed by atoms with Crippen molar-refractivity contribution in [2.75, 3.05) is 6.61 Å². The Balaban J connectivity index is 2.79. The fraction of sp³-hybridized carbons (Fsp3) is 0.571. The average molecular weight is 234 g/mol. The third kappa shape index (κ3) is 2.06. The van der Waals surface area contributed by atoms with Crippen LogP contribution in [-0.4, -0.2) is 21.5 Å². The van der Waals surface area contributed by atoms with E-state index in [1.54, 1.807) is 4.68 Å². The Bertz CT molecular complexity index is 261. The van der Waals surface area contributed by atoms with Gasteiger partial charge in [0, 0.05) is 19.7 Å². The number of aliphatic hydroxyl groups is 1.